The number of aromatic nitrogens is 1. The first-order valence-electron chi connectivity index (χ1n) is 10.1. The molecule has 0 spiro atoms. The van der Waals surface area contributed by atoms with Gasteiger partial charge in [0.15, 0.2) is 11.6 Å². The highest BCUT2D eigenvalue weighted by Gasteiger charge is 2.36. The standard InChI is InChI=1S/C21H21ClF2N4O3/c22-17-16(20(30)26-10-6-7-11(23)12(24)9-10)15-5-2-8-28(15)18(17)19(29)21(31)27-14-4-1-3-13(14)25/h6-7,9,13-14H,1-5,8,25H2,(H,26,30)(H,27,31)/t13-,14+/m1/s1. The second-order valence-corrected chi connectivity index (χ2v) is 8.20. The molecule has 0 saturated heterocycles. The Morgan fingerprint density at radius 1 is 1.13 bits per heavy atom. The van der Waals surface area contributed by atoms with Gasteiger partial charge in [-0.1, -0.05) is 11.6 Å². The highest BCUT2D eigenvalue weighted by Crippen LogP contribution is 2.34. The molecule has 10 heteroatoms. The van der Waals surface area contributed by atoms with Crippen molar-refractivity contribution in [3.8, 4) is 0 Å². The van der Waals surface area contributed by atoms with E-state index in [1.54, 1.807) is 4.57 Å². The molecule has 1 fully saturated rings. The van der Waals surface area contributed by atoms with Crippen LogP contribution in [0.5, 0.6) is 0 Å². The summed E-state index contributed by atoms with van der Waals surface area (Å²) in [6.07, 6.45) is 3.50. The van der Waals surface area contributed by atoms with Crippen LogP contribution in [-0.4, -0.2) is 34.2 Å². The topological polar surface area (TPSA) is 106 Å². The number of amides is 2. The Morgan fingerprint density at radius 2 is 1.90 bits per heavy atom. The second kappa shape index (κ2) is 8.39. The Kier molecular flexibility index (Phi) is 5.81. The molecule has 31 heavy (non-hydrogen) atoms. The minimum absolute atomic E-state index is 0.0405. The van der Waals surface area contributed by atoms with Crippen molar-refractivity contribution in [3.63, 3.8) is 0 Å². The van der Waals surface area contributed by atoms with E-state index in [9.17, 15) is 23.2 Å². The van der Waals surface area contributed by atoms with Gasteiger partial charge >= 0.3 is 0 Å². The van der Waals surface area contributed by atoms with Gasteiger partial charge in [0, 0.05) is 36.1 Å². The third-order valence-electron chi connectivity index (χ3n) is 5.82. The molecular weight excluding hydrogens is 430 g/mol. The highest BCUT2D eigenvalue weighted by atomic mass is 35.5. The third kappa shape index (κ3) is 3.95. The smallest absolute Gasteiger partial charge is 0.294 e. The van der Waals surface area contributed by atoms with Gasteiger partial charge in [0.2, 0.25) is 0 Å². The summed E-state index contributed by atoms with van der Waals surface area (Å²) in [6, 6.07) is 2.47. The van der Waals surface area contributed by atoms with Crippen molar-refractivity contribution in [1.82, 2.24) is 9.88 Å². The lowest BCUT2D eigenvalue weighted by Crippen LogP contribution is -2.46. The number of nitrogens with two attached hydrogens (primary N) is 1. The highest BCUT2D eigenvalue weighted by molar-refractivity contribution is 6.48. The van der Waals surface area contributed by atoms with E-state index in [0.29, 0.717) is 31.5 Å². The fraction of sp³-hybridized carbons (Fsp3) is 0.381. The van der Waals surface area contributed by atoms with Crippen LogP contribution in [0, 0.1) is 11.6 Å². The predicted molar refractivity (Wildman–Crippen MR) is 110 cm³/mol. The molecule has 0 bridgehead atoms. The number of halogens is 3. The number of fused-ring (bicyclic) bond motifs is 1. The minimum atomic E-state index is -1.11. The predicted octanol–water partition coefficient (Wildman–Crippen LogP) is 2.80. The first-order valence-corrected chi connectivity index (χ1v) is 10.4. The molecule has 4 N–H and O–H groups in total. The number of carbonyl (C=O) groups is 3. The third-order valence-corrected chi connectivity index (χ3v) is 6.19. The number of nitrogens with one attached hydrogen (secondary N) is 2. The molecule has 1 aromatic heterocycles. The molecular formula is C21H21ClF2N4O3. The summed E-state index contributed by atoms with van der Waals surface area (Å²) in [5, 5.41) is 5.01. The van der Waals surface area contributed by atoms with Crippen LogP contribution in [-0.2, 0) is 17.8 Å². The Bertz CT molecular complexity index is 1090. The van der Waals surface area contributed by atoms with E-state index < -0.39 is 29.2 Å². The van der Waals surface area contributed by atoms with E-state index in [2.05, 4.69) is 10.6 Å². The summed E-state index contributed by atoms with van der Waals surface area (Å²) in [6.45, 7) is 0.435. The van der Waals surface area contributed by atoms with Gasteiger partial charge in [0.25, 0.3) is 17.6 Å². The number of ketones is 1. The van der Waals surface area contributed by atoms with E-state index in [-0.39, 0.29) is 34.1 Å². The van der Waals surface area contributed by atoms with Gasteiger partial charge < -0.3 is 20.9 Å². The van der Waals surface area contributed by atoms with E-state index >= 15 is 0 Å². The summed E-state index contributed by atoms with van der Waals surface area (Å²) in [5.74, 6) is -4.47. The SMILES string of the molecule is N[C@@H]1CCC[C@@H]1NC(=O)C(=O)c1c(Cl)c(C(=O)Nc2ccc(F)c(F)c2)c2n1CCC2. The number of nitrogens with zero attached hydrogens (tertiary/aromatic N) is 1. The van der Waals surface area contributed by atoms with Crippen molar-refractivity contribution in [3.05, 3.63) is 51.8 Å². The van der Waals surface area contributed by atoms with E-state index in [1.807, 2.05) is 0 Å². The molecule has 1 aromatic carbocycles. The van der Waals surface area contributed by atoms with E-state index in [4.69, 9.17) is 17.3 Å². The van der Waals surface area contributed by atoms with E-state index in [0.717, 1.165) is 25.0 Å². The van der Waals surface area contributed by atoms with Crippen LogP contribution < -0.4 is 16.4 Å². The van der Waals surface area contributed by atoms with Crippen LogP contribution in [0.15, 0.2) is 18.2 Å². The Balaban J connectivity index is 1.61. The van der Waals surface area contributed by atoms with Crippen LogP contribution in [0.2, 0.25) is 5.02 Å². The summed E-state index contributed by atoms with van der Waals surface area (Å²) in [5.41, 5.74) is 6.54. The molecule has 4 rings (SSSR count). The van der Waals surface area contributed by atoms with Crippen LogP contribution in [0.25, 0.3) is 0 Å². The maximum Gasteiger partial charge on any atom is 0.294 e. The zero-order chi connectivity index (χ0) is 22.3. The molecule has 2 atom stereocenters. The molecule has 2 heterocycles. The molecule has 2 aromatic rings. The number of Topliss-reactive ketones (excluding diaryl/α,β-unsaturated/α-hetero) is 1. The number of hydrogen-bond acceptors (Lipinski definition) is 4. The lowest BCUT2D eigenvalue weighted by atomic mass is 10.1. The van der Waals surface area contributed by atoms with Crippen molar-refractivity contribution < 1.29 is 23.2 Å². The molecule has 1 aliphatic carbocycles. The van der Waals surface area contributed by atoms with Crippen molar-refractivity contribution in [1.29, 1.82) is 0 Å². The van der Waals surface area contributed by atoms with Crippen LogP contribution in [0.4, 0.5) is 14.5 Å². The van der Waals surface area contributed by atoms with Crippen LogP contribution >= 0.6 is 11.6 Å². The van der Waals surface area contributed by atoms with Gasteiger partial charge in [0.1, 0.15) is 5.69 Å². The maximum absolute atomic E-state index is 13.5. The fourth-order valence-electron chi connectivity index (χ4n) is 4.27. The summed E-state index contributed by atoms with van der Waals surface area (Å²) >= 11 is 6.41. The van der Waals surface area contributed by atoms with Gasteiger partial charge in [0.05, 0.1) is 10.6 Å². The zero-order valence-electron chi connectivity index (χ0n) is 16.5. The van der Waals surface area contributed by atoms with Gasteiger partial charge in [-0.3, -0.25) is 14.4 Å². The number of carbonyl (C=O) groups excluding carboxylic acids is 3. The largest absolute Gasteiger partial charge is 0.345 e. The Morgan fingerprint density at radius 3 is 2.58 bits per heavy atom. The molecule has 1 aliphatic heterocycles. The number of hydrogen-bond donors (Lipinski definition) is 3. The fourth-order valence-corrected chi connectivity index (χ4v) is 4.66. The molecule has 1 saturated carbocycles. The molecule has 7 nitrogen and oxygen atoms in total. The van der Waals surface area contributed by atoms with Crippen molar-refractivity contribution in [2.45, 2.75) is 50.7 Å². The lowest BCUT2D eigenvalue weighted by Gasteiger charge is -2.16. The van der Waals surface area contributed by atoms with Crippen molar-refractivity contribution in [2.75, 3.05) is 5.32 Å². The Labute approximate surface area is 181 Å². The van der Waals surface area contributed by atoms with Gasteiger partial charge in [-0.15, -0.1) is 0 Å². The summed E-state index contributed by atoms with van der Waals surface area (Å²) < 4.78 is 28.2. The maximum atomic E-state index is 13.5. The molecule has 0 unspecified atom stereocenters. The second-order valence-electron chi connectivity index (χ2n) is 7.83. The normalized spacial score (nSPS) is 19.9. The Hall–Kier alpha value is -2.78. The number of benzene rings is 1. The average molecular weight is 451 g/mol. The first kappa shape index (κ1) is 21.5. The lowest BCUT2D eigenvalue weighted by molar-refractivity contribution is -0.117. The van der Waals surface area contributed by atoms with Gasteiger partial charge in [-0.2, -0.15) is 0 Å². The zero-order valence-corrected chi connectivity index (χ0v) is 17.3. The quantitative estimate of drug-likeness (QED) is 0.481. The summed E-state index contributed by atoms with van der Waals surface area (Å²) in [7, 11) is 0. The van der Waals surface area contributed by atoms with Gasteiger partial charge in [-0.25, -0.2) is 8.78 Å². The van der Waals surface area contributed by atoms with Gasteiger partial charge in [-0.05, 0) is 44.2 Å². The molecule has 0 radical (unpaired) electrons. The monoisotopic (exact) mass is 450 g/mol. The number of rotatable bonds is 5. The molecule has 164 valence electrons. The number of anilines is 1. The van der Waals surface area contributed by atoms with Crippen molar-refractivity contribution in [2.24, 2.45) is 5.73 Å². The molecule has 2 amide bonds. The van der Waals surface area contributed by atoms with Crippen molar-refractivity contribution >= 4 is 34.9 Å². The van der Waals surface area contributed by atoms with Crippen LogP contribution in [0.3, 0.4) is 0 Å². The van der Waals surface area contributed by atoms with E-state index in [1.165, 1.54) is 6.07 Å². The summed E-state index contributed by atoms with van der Waals surface area (Å²) in [4.78, 5) is 38.4. The van der Waals surface area contributed by atoms with Crippen LogP contribution in [0.1, 0.15) is 52.2 Å². The molecule has 2 aliphatic rings. The first-order chi connectivity index (χ1) is 14.8. The minimum Gasteiger partial charge on any atom is -0.345 e. The average Bonchev–Trinajstić information content (AvgIpc) is 3.40.